The van der Waals surface area contributed by atoms with Crippen molar-refractivity contribution in [3.8, 4) is 0 Å². The van der Waals surface area contributed by atoms with Gasteiger partial charge in [-0.1, -0.05) is 19.1 Å². The summed E-state index contributed by atoms with van der Waals surface area (Å²) >= 11 is 0. The Morgan fingerprint density at radius 1 is 1.37 bits per heavy atom. The van der Waals surface area contributed by atoms with Crippen molar-refractivity contribution in [2.45, 2.75) is 39.2 Å². The molecule has 2 nitrogen and oxygen atoms in total. The van der Waals surface area contributed by atoms with Crippen LogP contribution in [0.4, 0.5) is 4.39 Å². The second kappa shape index (κ2) is 6.80. The molecule has 1 aliphatic rings. The van der Waals surface area contributed by atoms with E-state index in [4.69, 9.17) is 0 Å². The molecule has 1 aromatic rings. The Morgan fingerprint density at radius 3 is 2.79 bits per heavy atom. The summed E-state index contributed by atoms with van der Waals surface area (Å²) in [5, 5.41) is 0. The van der Waals surface area contributed by atoms with Crippen LogP contribution in [-0.4, -0.2) is 23.8 Å². The summed E-state index contributed by atoms with van der Waals surface area (Å²) in [7, 11) is 0. The van der Waals surface area contributed by atoms with Gasteiger partial charge in [0.15, 0.2) is 0 Å². The molecule has 0 aliphatic carbocycles. The largest absolute Gasteiger partial charge is 0.299 e. The van der Waals surface area contributed by atoms with Crippen molar-refractivity contribution in [3.05, 3.63) is 35.6 Å². The molecule has 1 atom stereocenters. The number of piperidine rings is 1. The maximum atomic E-state index is 12.9. The Kier molecular flexibility index (Phi) is 5.08. The topological polar surface area (TPSA) is 20.3 Å². The average molecular weight is 263 g/mol. The fraction of sp³-hybridized carbons (Fsp3) is 0.562. The molecule has 1 aliphatic heterocycles. The molecule has 1 heterocycles. The molecule has 0 amide bonds. The fourth-order valence-electron chi connectivity index (χ4n) is 2.76. The molecule has 0 bridgehead atoms. The molecule has 0 N–H and O–H groups in total. The molecular formula is C16H22FNO. The molecule has 1 saturated heterocycles. The number of ketones is 1. The lowest BCUT2D eigenvalue weighted by Gasteiger charge is -2.32. The predicted octanol–water partition coefficient (Wildman–Crippen LogP) is 3.41. The van der Waals surface area contributed by atoms with Crippen LogP contribution >= 0.6 is 0 Å². The molecule has 0 spiro atoms. The van der Waals surface area contributed by atoms with Gasteiger partial charge in [0.25, 0.3) is 0 Å². The molecule has 2 rings (SSSR count). The van der Waals surface area contributed by atoms with Gasteiger partial charge >= 0.3 is 0 Å². The number of hydrogen-bond donors (Lipinski definition) is 0. The van der Waals surface area contributed by atoms with Gasteiger partial charge in [-0.25, -0.2) is 4.39 Å². The van der Waals surface area contributed by atoms with Gasteiger partial charge < -0.3 is 0 Å². The van der Waals surface area contributed by atoms with E-state index in [-0.39, 0.29) is 11.7 Å². The van der Waals surface area contributed by atoms with Crippen molar-refractivity contribution in [2.24, 2.45) is 5.92 Å². The normalized spacial score (nSPS) is 20.4. The van der Waals surface area contributed by atoms with E-state index in [9.17, 15) is 9.18 Å². The third kappa shape index (κ3) is 4.13. The molecule has 0 saturated carbocycles. The summed E-state index contributed by atoms with van der Waals surface area (Å²) in [4.78, 5) is 14.3. The summed E-state index contributed by atoms with van der Waals surface area (Å²) in [6.45, 7) is 4.76. The van der Waals surface area contributed by atoms with E-state index < -0.39 is 0 Å². The first-order valence-corrected chi connectivity index (χ1v) is 7.18. The average Bonchev–Trinajstić information content (AvgIpc) is 2.42. The molecule has 0 radical (unpaired) electrons. The van der Waals surface area contributed by atoms with E-state index in [0.717, 1.165) is 44.5 Å². The van der Waals surface area contributed by atoms with Crippen molar-refractivity contribution in [3.63, 3.8) is 0 Å². The molecular weight excluding hydrogens is 241 g/mol. The number of rotatable bonds is 5. The highest BCUT2D eigenvalue weighted by Crippen LogP contribution is 2.21. The van der Waals surface area contributed by atoms with Crippen molar-refractivity contribution in [1.82, 2.24) is 4.90 Å². The Labute approximate surface area is 114 Å². The molecule has 1 unspecified atom stereocenters. The second-order valence-electron chi connectivity index (χ2n) is 5.42. The quantitative estimate of drug-likeness (QED) is 0.811. The van der Waals surface area contributed by atoms with Crippen molar-refractivity contribution < 1.29 is 9.18 Å². The highest BCUT2D eigenvalue weighted by atomic mass is 19.1. The fourth-order valence-corrected chi connectivity index (χ4v) is 2.76. The minimum Gasteiger partial charge on any atom is -0.299 e. The van der Waals surface area contributed by atoms with Crippen LogP contribution in [0.5, 0.6) is 0 Å². The van der Waals surface area contributed by atoms with Gasteiger partial charge in [-0.3, -0.25) is 9.69 Å². The van der Waals surface area contributed by atoms with E-state index in [2.05, 4.69) is 11.8 Å². The summed E-state index contributed by atoms with van der Waals surface area (Å²) in [6, 6.07) is 6.65. The standard InChI is InChI=1S/C16H22FNO/c1-2-4-16(19)14-5-3-10-18(12-14)11-13-6-8-15(17)9-7-13/h6-9,14H,2-5,10-12H2,1H3. The lowest BCUT2D eigenvalue weighted by atomic mass is 9.91. The van der Waals surface area contributed by atoms with E-state index in [1.54, 1.807) is 0 Å². The zero-order chi connectivity index (χ0) is 13.7. The monoisotopic (exact) mass is 263 g/mol. The second-order valence-corrected chi connectivity index (χ2v) is 5.42. The van der Waals surface area contributed by atoms with Gasteiger partial charge in [0, 0.05) is 25.4 Å². The molecule has 0 aromatic heterocycles. The zero-order valence-corrected chi connectivity index (χ0v) is 11.6. The van der Waals surface area contributed by atoms with Crippen molar-refractivity contribution in [1.29, 1.82) is 0 Å². The highest BCUT2D eigenvalue weighted by Gasteiger charge is 2.24. The van der Waals surface area contributed by atoms with E-state index in [1.165, 1.54) is 12.1 Å². The van der Waals surface area contributed by atoms with Crippen LogP contribution in [0.3, 0.4) is 0 Å². The summed E-state index contributed by atoms with van der Waals surface area (Å²) < 4.78 is 12.9. The number of hydrogen-bond acceptors (Lipinski definition) is 2. The smallest absolute Gasteiger partial charge is 0.137 e. The first kappa shape index (κ1) is 14.2. The first-order valence-electron chi connectivity index (χ1n) is 7.18. The van der Waals surface area contributed by atoms with E-state index >= 15 is 0 Å². The summed E-state index contributed by atoms with van der Waals surface area (Å²) in [5.74, 6) is 0.416. The first-order chi connectivity index (χ1) is 9.19. The number of nitrogens with zero attached hydrogens (tertiary/aromatic N) is 1. The Hall–Kier alpha value is -1.22. The maximum Gasteiger partial charge on any atom is 0.137 e. The van der Waals surface area contributed by atoms with Crippen LogP contribution in [0.2, 0.25) is 0 Å². The van der Waals surface area contributed by atoms with Crippen LogP contribution in [0.25, 0.3) is 0 Å². The summed E-state index contributed by atoms with van der Waals surface area (Å²) in [5.41, 5.74) is 1.12. The van der Waals surface area contributed by atoms with Gasteiger partial charge in [-0.2, -0.15) is 0 Å². The van der Waals surface area contributed by atoms with E-state index in [0.29, 0.717) is 12.2 Å². The number of carbonyl (C=O) groups excluding carboxylic acids is 1. The third-order valence-corrected chi connectivity index (χ3v) is 3.78. The lowest BCUT2D eigenvalue weighted by Crippen LogP contribution is -2.38. The van der Waals surface area contributed by atoms with Crippen LogP contribution in [-0.2, 0) is 11.3 Å². The number of benzene rings is 1. The van der Waals surface area contributed by atoms with E-state index in [1.807, 2.05) is 12.1 Å². The van der Waals surface area contributed by atoms with Crippen LogP contribution in [0.1, 0.15) is 38.2 Å². The molecule has 19 heavy (non-hydrogen) atoms. The van der Waals surface area contributed by atoms with Crippen molar-refractivity contribution >= 4 is 5.78 Å². The number of halogens is 1. The summed E-state index contributed by atoms with van der Waals surface area (Å²) in [6.07, 6.45) is 3.75. The third-order valence-electron chi connectivity index (χ3n) is 3.78. The molecule has 104 valence electrons. The number of carbonyl (C=O) groups is 1. The van der Waals surface area contributed by atoms with Crippen LogP contribution in [0, 0.1) is 11.7 Å². The minimum absolute atomic E-state index is 0.196. The number of Topliss-reactive ketones (excluding diaryl/α,β-unsaturated/α-hetero) is 1. The molecule has 3 heteroatoms. The maximum absolute atomic E-state index is 12.9. The van der Waals surface area contributed by atoms with Gasteiger partial charge in [0.2, 0.25) is 0 Å². The SMILES string of the molecule is CCCC(=O)C1CCCN(Cc2ccc(F)cc2)C1. The minimum atomic E-state index is -0.196. The predicted molar refractivity (Wildman–Crippen MR) is 74.3 cm³/mol. The zero-order valence-electron chi connectivity index (χ0n) is 11.6. The Balaban J connectivity index is 1.90. The molecule has 1 aromatic carbocycles. The Morgan fingerprint density at radius 2 is 2.11 bits per heavy atom. The number of likely N-dealkylation sites (tertiary alicyclic amines) is 1. The Bertz CT molecular complexity index is 415. The lowest BCUT2D eigenvalue weighted by molar-refractivity contribution is -0.124. The van der Waals surface area contributed by atoms with Crippen molar-refractivity contribution in [2.75, 3.05) is 13.1 Å². The van der Waals surface area contributed by atoms with Gasteiger partial charge in [-0.15, -0.1) is 0 Å². The van der Waals surface area contributed by atoms with Gasteiger partial charge in [0.1, 0.15) is 11.6 Å². The van der Waals surface area contributed by atoms with Gasteiger partial charge in [0.05, 0.1) is 0 Å². The highest BCUT2D eigenvalue weighted by molar-refractivity contribution is 5.81. The van der Waals surface area contributed by atoms with Crippen LogP contribution < -0.4 is 0 Å². The van der Waals surface area contributed by atoms with Gasteiger partial charge in [-0.05, 0) is 43.5 Å². The van der Waals surface area contributed by atoms with Crippen LogP contribution in [0.15, 0.2) is 24.3 Å². The molecule has 1 fully saturated rings.